The van der Waals surface area contributed by atoms with Crippen molar-refractivity contribution in [1.29, 1.82) is 0 Å². The monoisotopic (exact) mass is 314 g/mol. The van der Waals surface area contributed by atoms with Crippen LogP contribution in [0.15, 0.2) is 24.3 Å². The van der Waals surface area contributed by atoms with Gasteiger partial charge in [0, 0.05) is 13.0 Å². The van der Waals surface area contributed by atoms with Gasteiger partial charge in [0.25, 0.3) is 0 Å². The first kappa shape index (κ1) is 16.5. The fraction of sp³-hybridized carbons (Fsp3) is 0.650. The molecule has 1 amide bonds. The van der Waals surface area contributed by atoms with Gasteiger partial charge in [-0.15, -0.1) is 0 Å². The summed E-state index contributed by atoms with van der Waals surface area (Å²) in [6, 6.07) is 9.02. The van der Waals surface area contributed by atoms with Crippen LogP contribution in [0.25, 0.3) is 0 Å². The van der Waals surface area contributed by atoms with E-state index >= 15 is 0 Å². The zero-order valence-electron chi connectivity index (χ0n) is 14.4. The van der Waals surface area contributed by atoms with E-state index in [9.17, 15) is 4.79 Å². The first-order valence-corrected chi connectivity index (χ1v) is 9.31. The maximum atomic E-state index is 13.0. The fourth-order valence-electron chi connectivity index (χ4n) is 4.08. The standard InChI is InChI=1S/C20H30N2O/c1-16-6-5-7-18(14-16)19-8-3-2-4-13-22(19)20(23)15-17-9-11-21-12-10-17/h5-7,14,17,19,21H,2-4,8-13,15H2,1H3/t19-/m0/s1. The minimum atomic E-state index is 0.284. The lowest BCUT2D eigenvalue weighted by Crippen LogP contribution is -2.37. The lowest BCUT2D eigenvalue weighted by Gasteiger charge is -2.33. The molecule has 2 aliphatic heterocycles. The minimum Gasteiger partial charge on any atom is -0.336 e. The summed E-state index contributed by atoms with van der Waals surface area (Å²) in [6.45, 7) is 5.21. The molecule has 23 heavy (non-hydrogen) atoms. The van der Waals surface area contributed by atoms with Crippen molar-refractivity contribution in [2.75, 3.05) is 19.6 Å². The van der Waals surface area contributed by atoms with Crippen molar-refractivity contribution in [2.45, 2.75) is 57.9 Å². The van der Waals surface area contributed by atoms with Gasteiger partial charge in [0.05, 0.1) is 6.04 Å². The SMILES string of the molecule is Cc1cccc([C@@H]2CCCCCN2C(=O)CC2CCNCC2)c1. The third kappa shape index (κ3) is 4.35. The molecule has 2 saturated heterocycles. The fourth-order valence-corrected chi connectivity index (χ4v) is 4.08. The molecule has 1 aromatic rings. The first-order chi connectivity index (χ1) is 11.2. The molecule has 0 saturated carbocycles. The Balaban J connectivity index is 1.73. The van der Waals surface area contributed by atoms with Gasteiger partial charge < -0.3 is 10.2 Å². The molecule has 2 heterocycles. The Kier molecular flexibility index (Phi) is 5.71. The Bertz CT molecular complexity index is 522. The van der Waals surface area contributed by atoms with E-state index in [4.69, 9.17) is 0 Å². The van der Waals surface area contributed by atoms with E-state index in [1.807, 2.05) is 0 Å². The van der Waals surface area contributed by atoms with E-state index in [0.717, 1.165) is 51.7 Å². The number of carbonyl (C=O) groups excluding carboxylic acids is 1. The second-order valence-electron chi connectivity index (χ2n) is 7.26. The van der Waals surface area contributed by atoms with E-state index in [1.165, 1.54) is 24.0 Å². The molecular formula is C20H30N2O. The number of piperidine rings is 1. The molecule has 1 aromatic carbocycles. The molecule has 0 radical (unpaired) electrons. The number of hydrogen-bond donors (Lipinski definition) is 1. The van der Waals surface area contributed by atoms with Crippen LogP contribution in [0.5, 0.6) is 0 Å². The predicted octanol–water partition coefficient (Wildman–Crippen LogP) is 3.83. The number of nitrogens with one attached hydrogen (secondary N) is 1. The van der Waals surface area contributed by atoms with E-state index in [-0.39, 0.29) is 6.04 Å². The van der Waals surface area contributed by atoms with Gasteiger partial charge in [-0.2, -0.15) is 0 Å². The van der Waals surface area contributed by atoms with Gasteiger partial charge in [-0.25, -0.2) is 0 Å². The van der Waals surface area contributed by atoms with E-state index in [0.29, 0.717) is 11.8 Å². The molecule has 0 spiro atoms. The van der Waals surface area contributed by atoms with Gasteiger partial charge in [-0.3, -0.25) is 4.79 Å². The highest BCUT2D eigenvalue weighted by Gasteiger charge is 2.28. The number of likely N-dealkylation sites (tertiary alicyclic amines) is 1. The van der Waals surface area contributed by atoms with Gasteiger partial charge >= 0.3 is 0 Å². The lowest BCUT2D eigenvalue weighted by molar-refractivity contribution is -0.134. The van der Waals surface area contributed by atoms with Crippen LogP contribution < -0.4 is 5.32 Å². The van der Waals surface area contributed by atoms with Crippen LogP contribution in [0.2, 0.25) is 0 Å². The predicted molar refractivity (Wildman–Crippen MR) is 94.3 cm³/mol. The van der Waals surface area contributed by atoms with Gasteiger partial charge in [0.15, 0.2) is 0 Å². The number of carbonyl (C=O) groups is 1. The van der Waals surface area contributed by atoms with Crippen LogP contribution in [0.1, 0.15) is 62.1 Å². The second-order valence-corrected chi connectivity index (χ2v) is 7.26. The third-order valence-electron chi connectivity index (χ3n) is 5.42. The maximum absolute atomic E-state index is 13.0. The van der Waals surface area contributed by atoms with Gasteiger partial charge in [-0.1, -0.05) is 42.7 Å². The van der Waals surface area contributed by atoms with E-state index in [2.05, 4.69) is 41.4 Å². The topological polar surface area (TPSA) is 32.3 Å². The molecule has 0 aromatic heterocycles. The quantitative estimate of drug-likeness (QED) is 0.919. The summed E-state index contributed by atoms with van der Waals surface area (Å²) in [5, 5.41) is 3.39. The molecule has 3 rings (SSSR count). The number of hydrogen-bond acceptors (Lipinski definition) is 2. The molecular weight excluding hydrogens is 284 g/mol. The summed E-state index contributed by atoms with van der Waals surface area (Å²) in [5.41, 5.74) is 2.61. The Morgan fingerprint density at radius 3 is 2.78 bits per heavy atom. The van der Waals surface area contributed by atoms with Crippen molar-refractivity contribution >= 4 is 5.91 Å². The largest absolute Gasteiger partial charge is 0.336 e. The minimum absolute atomic E-state index is 0.284. The molecule has 2 fully saturated rings. The maximum Gasteiger partial charge on any atom is 0.223 e. The summed E-state index contributed by atoms with van der Waals surface area (Å²) < 4.78 is 0. The second kappa shape index (κ2) is 7.96. The van der Waals surface area contributed by atoms with Crippen molar-refractivity contribution in [3.05, 3.63) is 35.4 Å². The van der Waals surface area contributed by atoms with Crippen LogP contribution >= 0.6 is 0 Å². The van der Waals surface area contributed by atoms with Gasteiger partial charge in [0.1, 0.15) is 0 Å². The Labute approximate surface area is 140 Å². The number of rotatable bonds is 3. The van der Waals surface area contributed by atoms with Crippen LogP contribution in [-0.4, -0.2) is 30.4 Å². The van der Waals surface area contributed by atoms with Crippen LogP contribution in [0.4, 0.5) is 0 Å². The van der Waals surface area contributed by atoms with Crippen molar-refractivity contribution in [1.82, 2.24) is 10.2 Å². The highest BCUT2D eigenvalue weighted by atomic mass is 16.2. The molecule has 1 N–H and O–H groups in total. The number of aryl methyl sites for hydroxylation is 1. The summed E-state index contributed by atoms with van der Waals surface area (Å²) in [5.74, 6) is 0.954. The molecule has 3 heteroatoms. The number of nitrogens with zero attached hydrogens (tertiary/aromatic N) is 1. The van der Waals surface area contributed by atoms with Gasteiger partial charge in [-0.05, 0) is 57.2 Å². The summed E-state index contributed by atoms with van der Waals surface area (Å²) in [7, 11) is 0. The molecule has 0 bridgehead atoms. The number of benzene rings is 1. The zero-order valence-corrected chi connectivity index (χ0v) is 14.4. The molecule has 126 valence electrons. The number of amides is 1. The van der Waals surface area contributed by atoms with Crippen LogP contribution in [-0.2, 0) is 4.79 Å². The highest BCUT2D eigenvalue weighted by Crippen LogP contribution is 2.32. The highest BCUT2D eigenvalue weighted by molar-refractivity contribution is 5.77. The molecule has 0 unspecified atom stereocenters. The first-order valence-electron chi connectivity index (χ1n) is 9.31. The molecule has 1 atom stereocenters. The average Bonchev–Trinajstić information content (AvgIpc) is 2.82. The summed E-state index contributed by atoms with van der Waals surface area (Å²) in [4.78, 5) is 15.2. The Morgan fingerprint density at radius 1 is 1.17 bits per heavy atom. The normalized spacial score (nSPS) is 23.5. The average molecular weight is 314 g/mol. The smallest absolute Gasteiger partial charge is 0.223 e. The zero-order chi connectivity index (χ0) is 16.1. The third-order valence-corrected chi connectivity index (χ3v) is 5.42. The van der Waals surface area contributed by atoms with E-state index in [1.54, 1.807) is 0 Å². The van der Waals surface area contributed by atoms with Crippen molar-refractivity contribution in [3.8, 4) is 0 Å². The Morgan fingerprint density at radius 2 is 2.00 bits per heavy atom. The summed E-state index contributed by atoms with van der Waals surface area (Å²) >= 11 is 0. The molecule has 3 nitrogen and oxygen atoms in total. The summed E-state index contributed by atoms with van der Waals surface area (Å²) in [6.07, 6.45) is 7.78. The van der Waals surface area contributed by atoms with Crippen LogP contribution in [0.3, 0.4) is 0 Å². The van der Waals surface area contributed by atoms with Crippen molar-refractivity contribution in [2.24, 2.45) is 5.92 Å². The Hall–Kier alpha value is -1.35. The van der Waals surface area contributed by atoms with Crippen molar-refractivity contribution in [3.63, 3.8) is 0 Å². The van der Waals surface area contributed by atoms with Gasteiger partial charge in [0.2, 0.25) is 5.91 Å². The molecule has 2 aliphatic rings. The molecule has 0 aliphatic carbocycles. The van der Waals surface area contributed by atoms with Crippen molar-refractivity contribution < 1.29 is 4.79 Å². The lowest BCUT2D eigenvalue weighted by atomic mass is 9.93. The van der Waals surface area contributed by atoms with E-state index < -0.39 is 0 Å². The van der Waals surface area contributed by atoms with Crippen LogP contribution in [0, 0.1) is 12.8 Å².